The highest BCUT2D eigenvalue weighted by Crippen LogP contribution is 2.27. The summed E-state index contributed by atoms with van der Waals surface area (Å²) in [6.45, 7) is 2.45. The lowest BCUT2D eigenvalue weighted by atomic mass is 10.2. The molecule has 9 heavy (non-hydrogen) atoms. The second-order valence-corrected chi connectivity index (χ2v) is 3.10. The van der Waals surface area contributed by atoms with Crippen LogP contribution in [0.5, 0.6) is 0 Å². The lowest BCUT2D eigenvalue weighted by Gasteiger charge is -2.14. The van der Waals surface area contributed by atoms with Gasteiger partial charge < -0.3 is 5.11 Å². The molecule has 0 spiro atoms. The topological polar surface area (TPSA) is 23.2 Å². The molecular formula is C7H13NO. The lowest BCUT2D eigenvalue weighted by molar-refractivity contribution is 0.124. The van der Waals surface area contributed by atoms with Gasteiger partial charge in [-0.25, -0.2) is 0 Å². The number of hydrogen-bond donors (Lipinski definition) is 1. The maximum atomic E-state index is 9.36. The lowest BCUT2D eigenvalue weighted by Crippen LogP contribution is -2.27. The predicted octanol–water partition coefficient (Wildman–Crippen LogP) is 0.215. The van der Waals surface area contributed by atoms with E-state index in [2.05, 4.69) is 4.90 Å². The molecule has 0 aromatic rings. The molecule has 1 aliphatic heterocycles. The fraction of sp³-hybridized carbons (Fsp3) is 1.00. The molecule has 0 amide bonds. The van der Waals surface area contributed by atoms with Gasteiger partial charge in [0.25, 0.3) is 0 Å². The Labute approximate surface area is 55.5 Å². The van der Waals surface area contributed by atoms with Crippen molar-refractivity contribution >= 4 is 0 Å². The van der Waals surface area contributed by atoms with Crippen LogP contribution in [0.4, 0.5) is 0 Å². The summed E-state index contributed by atoms with van der Waals surface area (Å²) in [6.07, 6.45) is 3.47. The van der Waals surface area contributed by atoms with Crippen LogP contribution in [0.1, 0.15) is 19.3 Å². The van der Waals surface area contributed by atoms with Gasteiger partial charge in [0.15, 0.2) is 0 Å². The number of nitrogens with zero attached hydrogens (tertiary/aromatic N) is 1. The molecule has 2 aliphatic rings. The molecule has 1 heterocycles. The summed E-state index contributed by atoms with van der Waals surface area (Å²) in [5.74, 6) is 0. The number of hydrogen-bond acceptors (Lipinski definition) is 2. The summed E-state index contributed by atoms with van der Waals surface area (Å²) in [6, 6.07) is 0.532. The van der Waals surface area contributed by atoms with Crippen LogP contribution in [0.3, 0.4) is 0 Å². The fourth-order valence-electron chi connectivity index (χ4n) is 1.74. The molecule has 1 aliphatic carbocycles. The molecule has 0 aromatic carbocycles. The molecule has 0 aromatic heterocycles. The number of aliphatic hydroxyl groups excluding tert-OH is 1. The first-order valence-electron chi connectivity index (χ1n) is 3.80. The molecule has 2 nitrogen and oxygen atoms in total. The highest BCUT2D eigenvalue weighted by molar-refractivity contribution is 4.91. The van der Waals surface area contributed by atoms with Crippen molar-refractivity contribution in [3.05, 3.63) is 0 Å². The average Bonchev–Trinajstić information content (AvgIpc) is 2.58. The Morgan fingerprint density at radius 1 is 1.22 bits per heavy atom. The van der Waals surface area contributed by atoms with E-state index in [1.807, 2.05) is 0 Å². The summed E-state index contributed by atoms with van der Waals surface area (Å²) in [4.78, 5) is 2.36. The summed E-state index contributed by atoms with van der Waals surface area (Å²) < 4.78 is 0. The van der Waals surface area contributed by atoms with Crippen molar-refractivity contribution in [2.45, 2.75) is 31.4 Å². The standard InChI is InChI=1S/C7H13NO/c9-7-3-1-2-6(7)8-4-5-8/h6-7,9H,1-5H2. The van der Waals surface area contributed by atoms with Crippen LogP contribution in [0.2, 0.25) is 0 Å². The Morgan fingerprint density at radius 3 is 2.44 bits per heavy atom. The maximum absolute atomic E-state index is 9.36. The summed E-state index contributed by atoms with van der Waals surface area (Å²) >= 11 is 0. The van der Waals surface area contributed by atoms with E-state index in [-0.39, 0.29) is 6.10 Å². The largest absolute Gasteiger partial charge is 0.391 e. The third-order valence-corrected chi connectivity index (χ3v) is 2.39. The van der Waals surface area contributed by atoms with Crippen molar-refractivity contribution in [3.63, 3.8) is 0 Å². The molecule has 52 valence electrons. The van der Waals surface area contributed by atoms with Gasteiger partial charge in [0, 0.05) is 19.1 Å². The SMILES string of the molecule is OC1CCCC1N1CC1. The Kier molecular flexibility index (Phi) is 1.24. The van der Waals surface area contributed by atoms with Crippen LogP contribution in [0.15, 0.2) is 0 Å². The Bertz CT molecular complexity index is 111. The van der Waals surface area contributed by atoms with E-state index < -0.39 is 0 Å². The monoisotopic (exact) mass is 127 g/mol. The van der Waals surface area contributed by atoms with E-state index in [0.717, 1.165) is 6.42 Å². The molecule has 0 radical (unpaired) electrons. The van der Waals surface area contributed by atoms with E-state index >= 15 is 0 Å². The second kappa shape index (κ2) is 1.96. The first-order valence-corrected chi connectivity index (χ1v) is 3.80. The molecule has 1 saturated carbocycles. The summed E-state index contributed by atoms with van der Waals surface area (Å²) in [5, 5.41) is 9.36. The molecule has 1 N–H and O–H groups in total. The Morgan fingerprint density at radius 2 is 2.00 bits per heavy atom. The van der Waals surface area contributed by atoms with Gasteiger partial charge in [-0.15, -0.1) is 0 Å². The highest BCUT2D eigenvalue weighted by Gasteiger charge is 2.35. The molecule has 2 atom stereocenters. The normalized spacial score (nSPS) is 43.7. The van der Waals surface area contributed by atoms with Crippen LogP contribution in [-0.4, -0.2) is 35.2 Å². The van der Waals surface area contributed by atoms with Gasteiger partial charge in [-0.3, -0.25) is 4.90 Å². The first-order chi connectivity index (χ1) is 4.38. The third-order valence-electron chi connectivity index (χ3n) is 2.39. The zero-order valence-corrected chi connectivity index (χ0v) is 5.58. The van der Waals surface area contributed by atoms with Gasteiger partial charge in [0.1, 0.15) is 0 Å². The van der Waals surface area contributed by atoms with Gasteiger partial charge in [0.2, 0.25) is 0 Å². The van der Waals surface area contributed by atoms with E-state index in [1.165, 1.54) is 25.9 Å². The summed E-state index contributed by atoms with van der Waals surface area (Å²) in [7, 11) is 0. The zero-order chi connectivity index (χ0) is 6.27. The van der Waals surface area contributed by atoms with E-state index in [4.69, 9.17) is 0 Å². The molecule has 0 bridgehead atoms. The van der Waals surface area contributed by atoms with Crippen molar-refractivity contribution in [1.82, 2.24) is 4.90 Å². The quantitative estimate of drug-likeness (QED) is 0.509. The van der Waals surface area contributed by atoms with Gasteiger partial charge >= 0.3 is 0 Å². The minimum Gasteiger partial charge on any atom is -0.391 e. The minimum absolute atomic E-state index is 0.00694. The third kappa shape index (κ3) is 0.970. The van der Waals surface area contributed by atoms with E-state index in [0.29, 0.717) is 6.04 Å². The highest BCUT2D eigenvalue weighted by atomic mass is 16.3. The Balaban J connectivity index is 1.93. The minimum atomic E-state index is -0.00694. The summed E-state index contributed by atoms with van der Waals surface area (Å²) in [5.41, 5.74) is 0. The number of aliphatic hydroxyl groups is 1. The number of rotatable bonds is 1. The zero-order valence-electron chi connectivity index (χ0n) is 5.58. The van der Waals surface area contributed by atoms with Crippen LogP contribution < -0.4 is 0 Å². The van der Waals surface area contributed by atoms with Crippen LogP contribution in [0, 0.1) is 0 Å². The van der Waals surface area contributed by atoms with Crippen molar-refractivity contribution in [3.8, 4) is 0 Å². The van der Waals surface area contributed by atoms with Crippen LogP contribution in [0.25, 0.3) is 0 Å². The molecule has 2 heteroatoms. The molecule has 2 rings (SSSR count). The average molecular weight is 127 g/mol. The second-order valence-electron chi connectivity index (χ2n) is 3.10. The van der Waals surface area contributed by atoms with Crippen molar-refractivity contribution in [2.75, 3.05) is 13.1 Å². The van der Waals surface area contributed by atoms with Crippen molar-refractivity contribution in [2.24, 2.45) is 0 Å². The van der Waals surface area contributed by atoms with Crippen molar-refractivity contribution < 1.29 is 5.11 Å². The first kappa shape index (κ1) is 5.69. The predicted molar refractivity (Wildman–Crippen MR) is 35.2 cm³/mol. The van der Waals surface area contributed by atoms with Gasteiger partial charge in [-0.05, 0) is 19.3 Å². The van der Waals surface area contributed by atoms with Crippen LogP contribution in [-0.2, 0) is 0 Å². The van der Waals surface area contributed by atoms with Gasteiger partial charge in [-0.1, -0.05) is 0 Å². The van der Waals surface area contributed by atoms with E-state index in [1.54, 1.807) is 0 Å². The fourth-order valence-corrected chi connectivity index (χ4v) is 1.74. The van der Waals surface area contributed by atoms with Crippen LogP contribution >= 0.6 is 0 Å². The molecule has 1 saturated heterocycles. The molecular weight excluding hydrogens is 114 g/mol. The maximum Gasteiger partial charge on any atom is 0.0695 e. The van der Waals surface area contributed by atoms with Crippen molar-refractivity contribution in [1.29, 1.82) is 0 Å². The Hall–Kier alpha value is -0.0800. The molecule has 2 unspecified atom stereocenters. The van der Waals surface area contributed by atoms with Gasteiger partial charge in [-0.2, -0.15) is 0 Å². The molecule has 2 fully saturated rings. The van der Waals surface area contributed by atoms with E-state index in [9.17, 15) is 5.11 Å². The van der Waals surface area contributed by atoms with Gasteiger partial charge in [0.05, 0.1) is 6.10 Å². The smallest absolute Gasteiger partial charge is 0.0695 e.